The highest BCUT2D eigenvalue weighted by molar-refractivity contribution is 6.30. The molecule has 2 aromatic rings. The molecule has 4 nitrogen and oxygen atoms in total. The van der Waals surface area contributed by atoms with Gasteiger partial charge in [0.05, 0.1) is 6.61 Å². The van der Waals surface area contributed by atoms with Crippen LogP contribution in [0.4, 0.5) is 0 Å². The number of benzene rings is 2. The van der Waals surface area contributed by atoms with E-state index < -0.39 is 0 Å². The molecular formula is C24H29ClN2O2. The smallest absolute Gasteiger partial charge is 0.163 e. The molecule has 1 fully saturated rings. The van der Waals surface area contributed by atoms with E-state index in [1.165, 1.54) is 5.56 Å². The first-order valence-corrected chi connectivity index (χ1v) is 11.0. The average molecular weight is 413 g/mol. The van der Waals surface area contributed by atoms with E-state index in [0.29, 0.717) is 13.0 Å². The summed E-state index contributed by atoms with van der Waals surface area (Å²) in [7, 11) is 0. The summed E-state index contributed by atoms with van der Waals surface area (Å²) in [6.07, 6.45) is 3.56. The molecule has 154 valence electrons. The third-order valence-corrected chi connectivity index (χ3v) is 6.18. The largest absolute Gasteiger partial charge is 0.493 e. The third-order valence-electron chi connectivity index (χ3n) is 5.92. The van der Waals surface area contributed by atoms with Crippen LogP contribution in [0.3, 0.4) is 0 Å². The molecule has 0 radical (unpaired) electrons. The van der Waals surface area contributed by atoms with Crippen LogP contribution < -0.4 is 4.74 Å². The second-order valence-electron chi connectivity index (χ2n) is 8.01. The molecule has 2 aliphatic rings. The van der Waals surface area contributed by atoms with Crippen molar-refractivity contribution in [3.05, 3.63) is 64.2 Å². The van der Waals surface area contributed by atoms with Gasteiger partial charge in [-0.3, -0.25) is 9.69 Å². The fraction of sp³-hybridized carbons (Fsp3) is 0.458. The molecule has 0 N–H and O–H groups in total. The molecule has 2 aromatic carbocycles. The van der Waals surface area contributed by atoms with Gasteiger partial charge in [-0.15, -0.1) is 0 Å². The third kappa shape index (κ3) is 5.39. The molecular weight excluding hydrogens is 384 g/mol. The summed E-state index contributed by atoms with van der Waals surface area (Å²) in [4.78, 5) is 17.1. The molecule has 0 unspecified atom stereocenters. The van der Waals surface area contributed by atoms with Gasteiger partial charge in [0, 0.05) is 61.8 Å². The Kier molecular flexibility index (Phi) is 6.86. The van der Waals surface area contributed by atoms with Gasteiger partial charge in [-0.05, 0) is 43.0 Å². The fourth-order valence-corrected chi connectivity index (χ4v) is 4.40. The van der Waals surface area contributed by atoms with E-state index in [1.807, 2.05) is 30.3 Å². The van der Waals surface area contributed by atoms with E-state index in [1.54, 1.807) is 0 Å². The summed E-state index contributed by atoms with van der Waals surface area (Å²) in [5.41, 5.74) is 3.30. The second-order valence-corrected chi connectivity index (χ2v) is 8.44. The molecule has 1 heterocycles. The zero-order valence-electron chi connectivity index (χ0n) is 16.9. The Hall–Kier alpha value is -1.88. The van der Waals surface area contributed by atoms with Crippen molar-refractivity contribution < 1.29 is 9.53 Å². The van der Waals surface area contributed by atoms with Gasteiger partial charge >= 0.3 is 0 Å². The molecule has 4 rings (SSSR count). The van der Waals surface area contributed by atoms with Gasteiger partial charge in [0.25, 0.3) is 0 Å². The maximum atomic E-state index is 12.1. The fourth-order valence-electron chi connectivity index (χ4n) is 4.27. The molecule has 0 atom stereocenters. The van der Waals surface area contributed by atoms with Crippen LogP contribution in [0.15, 0.2) is 42.5 Å². The highest BCUT2D eigenvalue weighted by Crippen LogP contribution is 2.29. The number of halogens is 1. The maximum absolute atomic E-state index is 12.1. The molecule has 0 bridgehead atoms. The first kappa shape index (κ1) is 20.4. The van der Waals surface area contributed by atoms with Crippen LogP contribution in [0.2, 0.25) is 5.02 Å². The Morgan fingerprint density at radius 3 is 2.48 bits per heavy atom. The molecule has 0 aromatic heterocycles. The lowest BCUT2D eigenvalue weighted by Gasteiger charge is -2.34. The average Bonchev–Trinajstić information content (AvgIpc) is 2.74. The zero-order chi connectivity index (χ0) is 20.1. The summed E-state index contributed by atoms with van der Waals surface area (Å²) >= 11 is 5.97. The lowest BCUT2D eigenvalue weighted by atomic mass is 9.90. The van der Waals surface area contributed by atoms with Gasteiger partial charge in [0.1, 0.15) is 5.75 Å². The van der Waals surface area contributed by atoms with Gasteiger partial charge in [-0.1, -0.05) is 35.9 Å². The van der Waals surface area contributed by atoms with E-state index in [0.717, 1.165) is 80.4 Å². The lowest BCUT2D eigenvalue weighted by Crippen LogP contribution is -2.46. The lowest BCUT2D eigenvalue weighted by molar-refractivity contribution is 0.0971. The minimum absolute atomic E-state index is 0.258. The monoisotopic (exact) mass is 412 g/mol. The number of Topliss-reactive ketones (excluding diaryl/α,β-unsaturated/α-hetero) is 1. The molecule has 1 saturated heterocycles. The second kappa shape index (κ2) is 9.75. The van der Waals surface area contributed by atoms with Crippen molar-refractivity contribution >= 4 is 17.4 Å². The number of carbonyl (C=O) groups excluding carboxylic acids is 1. The van der Waals surface area contributed by atoms with Crippen molar-refractivity contribution in [2.24, 2.45) is 0 Å². The zero-order valence-corrected chi connectivity index (χ0v) is 17.7. The topological polar surface area (TPSA) is 32.8 Å². The number of piperazine rings is 1. The van der Waals surface area contributed by atoms with Crippen LogP contribution in [0.5, 0.6) is 5.75 Å². The van der Waals surface area contributed by atoms with Crippen LogP contribution >= 0.6 is 11.6 Å². The number of carbonyl (C=O) groups is 1. The number of ketones is 1. The van der Waals surface area contributed by atoms with Crippen LogP contribution in [0.25, 0.3) is 0 Å². The highest BCUT2D eigenvalue weighted by atomic mass is 35.5. The Bertz CT molecular complexity index is 829. The minimum Gasteiger partial charge on any atom is -0.493 e. The standard InChI is InChI=1S/C24H29ClN2O2/c25-20-10-8-19(9-11-20)18-27-15-13-26(14-16-27)12-3-17-29-24-7-2-4-21-22(24)5-1-6-23(21)28/h2,4,7-11H,1,3,5-6,12-18H2. The number of fused-ring (bicyclic) bond motifs is 1. The summed E-state index contributed by atoms with van der Waals surface area (Å²) in [5, 5.41) is 0.795. The van der Waals surface area contributed by atoms with Crippen molar-refractivity contribution in [3.8, 4) is 5.75 Å². The van der Waals surface area contributed by atoms with E-state index in [9.17, 15) is 4.79 Å². The Labute approximate surface area is 178 Å². The summed E-state index contributed by atoms with van der Waals surface area (Å²) in [6, 6.07) is 14.0. The molecule has 1 aliphatic heterocycles. The summed E-state index contributed by atoms with van der Waals surface area (Å²) in [5.74, 6) is 1.16. The van der Waals surface area contributed by atoms with Crippen molar-refractivity contribution in [1.29, 1.82) is 0 Å². The quantitative estimate of drug-likeness (QED) is 0.629. The first-order valence-electron chi connectivity index (χ1n) is 10.7. The van der Waals surface area contributed by atoms with Gasteiger partial charge in [0.2, 0.25) is 0 Å². The van der Waals surface area contributed by atoms with Crippen LogP contribution in [0, 0.1) is 0 Å². The number of hydrogen-bond donors (Lipinski definition) is 0. The maximum Gasteiger partial charge on any atom is 0.163 e. The van der Waals surface area contributed by atoms with Gasteiger partial charge in [-0.2, -0.15) is 0 Å². The Morgan fingerprint density at radius 2 is 1.69 bits per heavy atom. The molecule has 1 aliphatic carbocycles. The van der Waals surface area contributed by atoms with Gasteiger partial charge in [-0.25, -0.2) is 0 Å². The van der Waals surface area contributed by atoms with Crippen LogP contribution in [0.1, 0.15) is 40.7 Å². The molecule has 0 saturated carbocycles. The number of ether oxygens (including phenoxy) is 1. The SMILES string of the molecule is O=C1CCCc2c(OCCCN3CCN(Cc4ccc(Cl)cc4)CC3)cccc21. The number of nitrogens with zero attached hydrogens (tertiary/aromatic N) is 2. The predicted molar refractivity (Wildman–Crippen MR) is 117 cm³/mol. The number of hydrogen-bond acceptors (Lipinski definition) is 4. The first-order chi connectivity index (χ1) is 14.2. The van der Waals surface area contributed by atoms with E-state index in [-0.39, 0.29) is 5.78 Å². The Morgan fingerprint density at radius 1 is 0.931 bits per heavy atom. The number of rotatable bonds is 7. The van der Waals surface area contributed by atoms with Crippen molar-refractivity contribution in [2.45, 2.75) is 32.2 Å². The molecule has 5 heteroatoms. The van der Waals surface area contributed by atoms with E-state index >= 15 is 0 Å². The summed E-state index contributed by atoms with van der Waals surface area (Å²) < 4.78 is 6.05. The van der Waals surface area contributed by atoms with E-state index in [2.05, 4.69) is 21.9 Å². The van der Waals surface area contributed by atoms with Crippen molar-refractivity contribution in [2.75, 3.05) is 39.3 Å². The van der Waals surface area contributed by atoms with Gasteiger partial charge in [0.15, 0.2) is 5.78 Å². The highest BCUT2D eigenvalue weighted by Gasteiger charge is 2.20. The normalized spacial score (nSPS) is 17.9. The molecule has 0 amide bonds. The minimum atomic E-state index is 0.258. The van der Waals surface area contributed by atoms with Crippen molar-refractivity contribution in [1.82, 2.24) is 9.80 Å². The predicted octanol–water partition coefficient (Wildman–Crippen LogP) is 4.45. The Balaban J connectivity index is 1.18. The van der Waals surface area contributed by atoms with Crippen LogP contribution in [-0.2, 0) is 13.0 Å². The van der Waals surface area contributed by atoms with Crippen molar-refractivity contribution in [3.63, 3.8) is 0 Å². The van der Waals surface area contributed by atoms with E-state index in [4.69, 9.17) is 16.3 Å². The molecule has 0 spiro atoms. The molecule has 29 heavy (non-hydrogen) atoms. The van der Waals surface area contributed by atoms with Crippen LogP contribution in [-0.4, -0.2) is 54.9 Å². The summed E-state index contributed by atoms with van der Waals surface area (Å²) in [6.45, 7) is 7.14. The van der Waals surface area contributed by atoms with Gasteiger partial charge < -0.3 is 9.64 Å².